The molecule has 0 saturated heterocycles. The van der Waals surface area contributed by atoms with Crippen molar-refractivity contribution in [3.05, 3.63) is 28.5 Å². The number of nitrogens with zero attached hydrogens (tertiary/aromatic N) is 4. The Bertz CT molecular complexity index is 623. The van der Waals surface area contributed by atoms with E-state index in [-0.39, 0.29) is 11.8 Å². The topological polar surface area (TPSA) is 63.2 Å². The van der Waals surface area contributed by atoms with E-state index in [1.54, 1.807) is 32.1 Å². The predicted molar refractivity (Wildman–Crippen MR) is 77.9 cm³/mol. The summed E-state index contributed by atoms with van der Waals surface area (Å²) in [5.74, 6) is 0.302. The van der Waals surface area contributed by atoms with Gasteiger partial charge in [-0.05, 0) is 18.2 Å². The summed E-state index contributed by atoms with van der Waals surface area (Å²) >= 11 is 3.18. The molecule has 1 aromatic carbocycles. The van der Waals surface area contributed by atoms with Crippen LogP contribution in [0, 0.1) is 5.82 Å². The van der Waals surface area contributed by atoms with Gasteiger partial charge < -0.3 is 15.0 Å². The van der Waals surface area contributed by atoms with Gasteiger partial charge in [-0.2, -0.15) is 15.0 Å². The van der Waals surface area contributed by atoms with Gasteiger partial charge in [-0.15, -0.1) is 0 Å². The molecule has 0 aliphatic rings. The number of hydrogen-bond donors (Lipinski definition) is 1. The summed E-state index contributed by atoms with van der Waals surface area (Å²) in [5, 5.41) is 2.80. The molecule has 1 heterocycles. The SMILES string of the molecule is CNc1nc(Oc2ccc(Br)cc2F)nc(N(C)C)n1. The van der Waals surface area contributed by atoms with E-state index >= 15 is 0 Å². The van der Waals surface area contributed by atoms with Crippen molar-refractivity contribution >= 4 is 27.8 Å². The zero-order chi connectivity index (χ0) is 14.7. The van der Waals surface area contributed by atoms with E-state index in [4.69, 9.17) is 4.74 Å². The standard InChI is InChI=1S/C12H13BrFN5O/c1-15-10-16-11(19(2)3)18-12(17-10)20-9-5-4-7(13)6-8(9)14/h4-6H,1-3H3,(H,15,16,17,18). The van der Waals surface area contributed by atoms with Crippen molar-refractivity contribution in [2.75, 3.05) is 31.4 Å². The molecule has 0 radical (unpaired) electrons. The van der Waals surface area contributed by atoms with Crippen LogP contribution in [0.2, 0.25) is 0 Å². The zero-order valence-electron chi connectivity index (χ0n) is 11.2. The molecule has 6 nitrogen and oxygen atoms in total. The maximum atomic E-state index is 13.7. The molecular formula is C12H13BrFN5O. The summed E-state index contributed by atoms with van der Waals surface area (Å²) in [4.78, 5) is 14.0. The molecule has 20 heavy (non-hydrogen) atoms. The minimum Gasteiger partial charge on any atom is -0.421 e. The summed E-state index contributed by atoms with van der Waals surface area (Å²) in [6.45, 7) is 0. The van der Waals surface area contributed by atoms with Crippen LogP contribution in [0.25, 0.3) is 0 Å². The van der Waals surface area contributed by atoms with Crippen molar-refractivity contribution in [1.29, 1.82) is 0 Å². The Morgan fingerprint density at radius 1 is 1.25 bits per heavy atom. The molecule has 106 valence electrons. The first kappa shape index (κ1) is 14.4. The van der Waals surface area contributed by atoms with Crippen LogP contribution in [0.4, 0.5) is 16.3 Å². The van der Waals surface area contributed by atoms with Crippen molar-refractivity contribution in [1.82, 2.24) is 15.0 Å². The number of halogens is 2. The van der Waals surface area contributed by atoms with Crippen LogP contribution in [0.15, 0.2) is 22.7 Å². The Labute approximate surface area is 124 Å². The highest BCUT2D eigenvalue weighted by molar-refractivity contribution is 9.10. The van der Waals surface area contributed by atoms with Gasteiger partial charge in [0.1, 0.15) is 0 Å². The van der Waals surface area contributed by atoms with E-state index < -0.39 is 5.82 Å². The van der Waals surface area contributed by atoms with E-state index in [0.29, 0.717) is 16.4 Å². The molecule has 0 fully saturated rings. The first-order valence-electron chi connectivity index (χ1n) is 5.73. The number of nitrogens with one attached hydrogen (secondary N) is 1. The summed E-state index contributed by atoms with van der Waals surface area (Å²) < 4.78 is 19.7. The summed E-state index contributed by atoms with van der Waals surface area (Å²) in [5.41, 5.74) is 0. The Kier molecular flexibility index (Phi) is 4.33. The predicted octanol–water partition coefficient (Wildman–Crippen LogP) is 2.67. The fourth-order valence-corrected chi connectivity index (χ4v) is 1.69. The highest BCUT2D eigenvalue weighted by atomic mass is 79.9. The van der Waals surface area contributed by atoms with Gasteiger partial charge in [-0.25, -0.2) is 4.39 Å². The minimum atomic E-state index is -0.503. The summed E-state index contributed by atoms with van der Waals surface area (Å²) in [6, 6.07) is 4.50. The van der Waals surface area contributed by atoms with Gasteiger partial charge in [-0.1, -0.05) is 15.9 Å². The number of aromatic nitrogens is 3. The van der Waals surface area contributed by atoms with Crippen LogP contribution in [0.1, 0.15) is 0 Å². The average molecular weight is 342 g/mol. The van der Waals surface area contributed by atoms with Crippen LogP contribution < -0.4 is 15.0 Å². The van der Waals surface area contributed by atoms with Crippen molar-refractivity contribution in [2.45, 2.75) is 0 Å². The maximum absolute atomic E-state index is 13.7. The van der Waals surface area contributed by atoms with Crippen LogP contribution >= 0.6 is 15.9 Å². The molecule has 2 rings (SSSR count). The third-order valence-electron chi connectivity index (χ3n) is 2.32. The van der Waals surface area contributed by atoms with Crippen molar-refractivity contribution in [3.63, 3.8) is 0 Å². The average Bonchev–Trinajstić information content (AvgIpc) is 2.41. The van der Waals surface area contributed by atoms with Gasteiger partial charge in [0.05, 0.1) is 0 Å². The first-order chi connectivity index (χ1) is 9.49. The lowest BCUT2D eigenvalue weighted by Crippen LogP contribution is -2.15. The third kappa shape index (κ3) is 3.32. The highest BCUT2D eigenvalue weighted by Crippen LogP contribution is 2.26. The third-order valence-corrected chi connectivity index (χ3v) is 2.82. The molecule has 0 bridgehead atoms. The molecule has 0 spiro atoms. The van der Waals surface area contributed by atoms with E-state index in [1.165, 1.54) is 12.1 Å². The van der Waals surface area contributed by atoms with Crippen LogP contribution in [0.3, 0.4) is 0 Å². The van der Waals surface area contributed by atoms with Crippen LogP contribution in [0.5, 0.6) is 11.8 Å². The van der Waals surface area contributed by atoms with E-state index in [1.807, 2.05) is 0 Å². The summed E-state index contributed by atoms with van der Waals surface area (Å²) in [6.07, 6.45) is 0. The Balaban J connectivity index is 2.34. The van der Waals surface area contributed by atoms with Gasteiger partial charge in [0, 0.05) is 25.6 Å². The monoisotopic (exact) mass is 341 g/mol. The highest BCUT2D eigenvalue weighted by Gasteiger charge is 2.11. The molecule has 0 aliphatic carbocycles. The number of hydrogen-bond acceptors (Lipinski definition) is 6. The van der Waals surface area contributed by atoms with Gasteiger partial charge in [-0.3, -0.25) is 0 Å². The van der Waals surface area contributed by atoms with E-state index in [2.05, 4.69) is 36.2 Å². The van der Waals surface area contributed by atoms with Crippen LogP contribution in [-0.4, -0.2) is 36.1 Å². The number of ether oxygens (including phenoxy) is 1. The number of anilines is 2. The second kappa shape index (κ2) is 6.00. The normalized spacial score (nSPS) is 10.2. The Morgan fingerprint density at radius 2 is 2.00 bits per heavy atom. The lowest BCUT2D eigenvalue weighted by atomic mass is 10.3. The molecule has 0 atom stereocenters. The lowest BCUT2D eigenvalue weighted by molar-refractivity contribution is 0.410. The Hall–Kier alpha value is -1.96. The second-order valence-corrected chi connectivity index (χ2v) is 4.98. The smallest absolute Gasteiger partial charge is 0.328 e. The summed E-state index contributed by atoms with van der Waals surface area (Å²) in [7, 11) is 5.26. The van der Waals surface area contributed by atoms with Crippen LogP contribution in [-0.2, 0) is 0 Å². The molecule has 8 heteroatoms. The number of rotatable bonds is 4. The molecule has 1 aromatic heterocycles. The minimum absolute atomic E-state index is 0.0225. The van der Waals surface area contributed by atoms with Crippen molar-refractivity contribution in [2.24, 2.45) is 0 Å². The quantitative estimate of drug-likeness (QED) is 0.922. The fourth-order valence-electron chi connectivity index (χ4n) is 1.36. The molecule has 1 N–H and O–H groups in total. The molecule has 2 aromatic rings. The molecule has 0 unspecified atom stereocenters. The zero-order valence-corrected chi connectivity index (χ0v) is 12.8. The second-order valence-electron chi connectivity index (χ2n) is 4.06. The largest absolute Gasteiger partial charge is 0.421 e. The van der Waals surface area contributed by atoms with Crippen molar-refractivity contribution < 1.29 is 9.13 Å². The van der Waals surface area contributed by atoms with E-state index in [0.717, 1.165) is 0 Å². The lowest BCUT2D eigenvalue weighted by Gasteiger charge is -2.12. The fraction of sp³-hybridized carbons (Fsp3) is 0.250. The number of benzene rings is 1. The van der Waals surface area contributed by atoms with E-state index in [9.17, 15) is 4.39 Å². The molecule has 0 saturated carbocycles. The van der Waals surface area contributed by atoms with Gasteiger partial charge in [0.25, 0.3) is 0 Å². The maximum Gasteiger partial charge on any atom is 0.328 e. The van der Waals surface area contributed by atoms with Gasteiger partial charge >= 0.3 is 6.01 Å². The van der Waals surface area contributed by atoms with Crippen molar-refractivity contribution in [3.8, 4) is 11.8 Å². The first-order valence-corrected chi connectivity index (χ1v) is 6.53. The molecular weight excluding hydrogens is 329 g/mol. The molecule has 0 aliphatic heterocycles. The Morgan fingerprint density at radius 3 is 2.60 bits per heavy atom. The van der Waals surface area contributed by atoms with Gasteiger partial charge in [0.2, 0.25) is 11.9 Å². The molecule has 0 amide bonds. The van der Waals surface area contributed by atoms with Gasteiger partial charge in [0.15, 0.2) is 11.6 Å².